The molecule has 1 rings (SSSR count). The molecule has 0 atom stereocenters. The van der Waals surface area contributed by atoms with Crippen LogP contribution in [-0.2, 0) is 26.7 Å². The van der Waals surface area contributed by atoms with Gasteiger partial charge in [0.2, 0.25) is 0 Å². The Bertz CT molecular complexity index is 230. The Hall–Kier alpha value is -0.511. The van der Waals surface area contributed by atoms with E-state index >= 15 is 0 Å². The Morgan fingerprint density at radius 3 is 1.25 bits per heavy atom. The van der Waals surface area contributed by atoms with Crippen molar-refractivity contribution in [2.45, 2.75) is 6.42 Å². The Balaban J connectivity index is -0.0000000467. The van der Waals surface area contributed by atoms with E-state index in [4.69, 9.17) is 44.7 Å². The van der Waals surface area contributed by atoms with Gasteiger partial charge in [0.1, 0.15) is 13.6 Å². The summed E-state index contributed by atoms with van der Waals surface area (Å²) in [5, 5.41) is 34.0. The van der Waals surface area contributed by atoms with Crippen LogP contribution in [-0.4, -0.2) is 75.1 Å². The van der Waals surface area contributed by atoms with Gasteiger partial charge >= 0.3 is 25.7 Å². The topological polar surface area (TPSA) is 176 Å². The molecular weight excluding hydrogens is 386 g/mol. The molecule has 0 saturated carbocycles. The Morgan fingerprint density at radius 2 is 1.21 bits per heavy atom. The molecule has 1 radical (unpaired) electrons. The minimum Gasteiger partial charge on any atom is -0.396 e. The number of aliphatic hydroxyl groups is 4. The molecule has 0 aromatic heterocycles. The predicted octanol–water partition coefficient (Wildman–Crippen LogP) is -1.48. The summed E-state index contributed by atoms with van der Waals surface area (Å²) in [7, 11) is -2.62. The summed E-state index contributed by atoms with van der Waals surface area (Å²) in [5.41, 5.74) is -1.11. The molecule has 0 heterocycles. The van der Waals surface area contributed by atoms with Gasteiger partial charge in [0, 0.05) is 0 Å². The van der Waals surface area contributed by atoms with Gasteiger partial charge in [0.15, 0.2) is 0 Å². The monoisotopic (exact) mass is 413 g/mol. The van der Waals surface area contributed by atoms with Crippen molar-refractivity contribution in [3.63, 3.8) is 0 Å². The summed E-state index contributed by atoms with van der Waals surface area (Å²) >= 11 is 0. The molecular formula is C13H27MnO9P. The maximum Gasteiger partial charge on any atom is 2.00 e. The molecule has 0 fully saturated rings. The van der Waals surface area contributed by atoms with Gasteiger partial charge in [-0.15, -0.1) is 6.42 Å². The molecule has 0 saturated heterocycles. The molecule has 9 nitrogen and oxygen atoms in total. The van der Waals surface area contributed by atoms with Crippen LogP contribution in [0.5, 0.6) is 0 Å². The second kappa shape index (κ2) is 34.0. The smallest absolute Gasteiger partial charge is 0.396 e. The molecule has 0 spiro atoms. The van der Waals surface area contributed by atoms with Crippen molar-refractivity contribution in [2.24, 2.45) is 5.41 Å². The van der Waals surface area contributed by atoms with Crippen LogP contribution in [0.2, 0.25) is 0 Å². The van der Waals surface area contributed by atoms with Gasteiger partial charge in [0.25, 0.3) is 0 Å². The van der Waals surface area contributed by atoms with Gasteiger partial charge in [-0.2, -0.15) is 6.08 Å². The quantitative estimate of drug-likeness (QED) is 0.165. The van der Waals surface area contributed by atoms with Crippen LogP contribution in [0.3, 0.4) is 0 Å². The van der Waals surface area contributed by atoms with Crippen LogP contribution >= 0.6 is 8.60 Å². The van der Waals surface area contributed by atoms with Crippen molar-refractivity contribution in [1.82, 2.24) is 0 Å². The average Bonchev–Trinajstić information content (AvgIpc) is 3.13. The molecule has 0 bridgehead atoms. The van der Waals surface area contributed by atoms with Crippen LogP contribution in [0, 0.1) is 18.9 Å². The zero-order valence-corrected chi connectivity index (χ0v) is 15.5. The molecule has 11 heteroatoms. The van der Waals surface area contributed by atoms with E-state index in [-0.39, 0.29) is 24.5 Å². The number of carbonyl (C=O) groups excluding carboxylic acids is 2. The first-order chi connectivity index (χ1) is 10.5. The van der Waals surface area contributed by atoms with E-state index in [9.17, 15) is 0 Å². The number of aliphatic hydroxyl groups excluding tert-OH is 4. The third-order valence-corrected chi connectivity index (χ3v) is 1.93. The fourth-order valence-corrected chi connectivity index (χ4v) is 0.640. The van der Waals surface area contributed by atoms with Crippen LogP contribution < -0.4 is 0 Å². The molecule has 1 aliphatic rings. The first kappa shape index (κ1) is 38.8. The molecule has 0 unspecified atom stereocenters. The standard InChI is InChI=1S/C5H12O4.C5H5.2CH2O.CH3.Mn.H3O3P/c6-1-5(2-7,3-8)4-9;1-2-4-5-3-1;2*1-2;;;1-4(2)3/h6-9H,1-4H2;1-3H,4H2;2*1H2;1H3;;1-3H/q;-1;;;-1;+2;. The Labute approximate surface area is 154 Å². The maximum atomic E-state index is 8.50. The molecule has 1 aliphatic carbocycles. The van der Waals surface area contributed by atoms with E-state index in [1.165, 1.54) is 0 Å². The zero-order chi connectivity index (χ0) is 18.4. The van der Waals surface area contributed by atoms with Crippen molar-refractivity contribution >= 4 is 22.2 Å². The van der Waals surface area contributed by atoms with E-state index in [0.717, 1.165) is 6.42 Å². The number of allylic oxidation sites excluding steroid dienone is 4. The van der Waals surface area contributed by atoms with E-state index in [1.54, 1.807) is 0 Å². The third kappa shape index (κ3) is 33.2. The van der Waals surface area contributed by atoms with Gasteiger partial charge in [-0.05, 0) is 0 Å². The SMILES string of the molecule is C=O.C=O.OCC(CO)(CO)CO.OP(O)O.[C-]1=CC=CC1.[CH3-].[Mn+2]. The first-order valence-corrected chi connectivity index (χ1v) is 6.77. The van der Waals surface area contributed by atoms with Gasteiger partial charge in [-0.1, -0.05) is 0 Å². The molecule has 0 amide bonds. The fraction of sp³-hybridized carbons (Fsp3) is 0.462. The Kier molecular flexibility index (Phi) is 54.9. The largest absolute Gasteiger partial charge is 2.00 e. The summed E-state index contributed by atoms with van der Waals surface area (Å²) in [5.74, 6) is 0. The maximum absolute atomic E-state index is 8.50. The predicted molar refractivity (Wildman–Crippen MR) is 86.6 cm³/mol. The average molecular weight is 413 g/mol. The Morgan fingerprint density at radius 1 is 0.917 bits per heavy atom. The minimum absolute atomic E-state index is 0. The van der Waals surface area contributed by atoms with Crippen LogP contribution in [0.25, 0.3) is 0 Å². The van der Waals surface area contributed by atoms with Crippen molar-refractivity contribution < 1.29 is 61.8 Å². The van der Waals surface area contributed by atoms with Crippen molar-refractivity contribution in [1.29, 1.82) is 0 Å². The van der Waals surface area contributed by atoms with E-state index < -0.39 is 40.4 Å². The van der Waals surface area contributed by atoms with Gasteiger partial charge in [0.05, 0.1) is 31.8 Å². The number of rotatable bonds is 4. The number of carbonyl (C=O) groups is 2. The van der Waals surface area contributed by atoms with Crippen LogP contribution in [0.4, 0.5) is 0 Å². The summed E-state index contributed by atoms with van der Waals surface area (Å²) in [6, 6.07) is 0. The number of hydrogen-bond donors (Lipinski definition) is 7. The van der Waals surface area contributed by atoms with E-state index in [2.05, 4.69) is 12.2 Å². The molecule has 0 aliphatic heterocycles. The van der Waals surface area contributed by atoms with E-state index in [1.807, 2.05) is 25.7 Å². The normalized spacial score (nSPS) is 10.0. The summed E-state index contributed by atoms with van der Waals surface area (Å²) in [6.07, 6.45) is 10.0. The fourth-order valence-electron chi connectivity index (χ4n) is 0.640. The van der Waals surface area contributed by atoms with Crippen LogP contribution in [0.1, 0.15) is 6.42 Å². The van der Waals surface area contributed by atoms with Crippen molar-refractivity contribution in [2.75, 3.05) is 26.4 Å². The van der Waals surface area contributed by atoms with Gasteiger partial charge in [-0.25, -0.2) is 12.2 Å². The molecule has 24 heavy (non-hydrogen) atoms. The zero-order valence-electron chi connectivity index (χ0n) is 13.5. The molecule has 0 aromatic rings. The molecule has 145 valence electrons. The summed E-state index contributed by atoms with van der Waals surface area (Å²) < 4.78 is 0. The van der Waals surface area contributed by atoms with Crippen molar-refractivity contribution in [3.8, 4) is 0 Å². The van der Waals surface area contributed by atoms with Crippen LogP contribution in [0.15, 0.2) is 18.2 Å². The van der Waals surface area contributed by atoms with E-state index in [0.29, 0.717) is 0 Å². The molecule has 0 aromatic carbocycles. The summed E-state index contributed by atoms with van der Waals surface area (Å²) in [4.78, 5) is 37.7. The molecule has 7 N–H and O–H groups in total. The third-order valence-electron chi connectivity index (χ3n) is 1.93. The second-order valence-corrected chi connectivity index (χ2v) is 3.94. The van der Waals surface area contributed by atoms with Gasteiger partial charge in [-0.3, -0.25) is 6.08 Å². The second-order valence-electron chi connectivity index (χ2n) is 3.40. The first-order valence-electron chi connectivity index (χ1n) is 5.57. The number of hydrogen-bond acceptors (Lipinski definition) is 9. The minimum atomic E-state index is -2.62. The van der Waals surface area contributed by atoms with Crippen molar-refractivity contribution in [3.05, 3.63) is 31.7 Å². The van der Waals surface area contributed by atoms with Gasteiger partial charge < -0.3 is 52.1 Å². The summed E-state index contributed by atoms with van der Waals surface area (Å²) in [6.45, 7) is 2.38.